The van der Waals surface area contributed by atoms with Crippen molar-refractivity contribution in [3.8, 4) is 0 Å². The molecule has 6 heteroatoms. The number of aromatic carboxylic acids is 1. The van der Waals surface area contributed by atoms with Gasteiger partial charge in [-0.1, -0.05) is 15.9 Å². The number of furan rings is 1. The zero-order valence-electron chi connectivity index (χ0n) is 9.82. The summed E-state index contributed by atoms with van der Waals surface area (Å²) in [6.45, 7) is 0.817. The lowest BCUT2D eigenvalue weighted by Crippen LogP contribution is -2.12. The van der Waals surface area contributed by atoms with E-state index in [1.165, 1.54) is 18.2 Å². The van der Waals surface area contributed by atoms with Crippen molar-refractivity contribution in [3.63, 3.8) is 0 Å². The number of benzene rings is 1. The van der Waals surface area contributed by atoms with Gasteiger partial charge < -0.3 is 14.8 Å². The molecular formula is C13H11BrFNO3. The van der Waals surface area contributed by atoms with Gasteiger partial charge in [0.2, 0.25) is 5.76 Å². The van der Waals surface area contributed by atoms with Gasteiger partial charge in [0.15, 0.2) is 0 Å². The Morgan fingerprint density at radius 3 is 2.79 bits per heavy atom. The number of hydrogen-bond acceptors (Lipinski definition) is 3. The van der Waals surface area contributed by atoms with E-state index in [0.29, 0.717) is 18.8 Å². The third-order valence-corrected chi connectivity index (χ3v) is 3.27. The molecule has 0 atom stereocenters. The fourth-order valence-electron chi connectivity index (χ4n) is 1.59. The van der Waals surface area contributed by atoms with Crippen LogP contribution in [-0.2, 0) is 13.1 Å². The molecule has 0 aliphatic carbocycles. The van der Waals surface area contributed by atoms with Crippen molar-refractivity contribution in [1.29, 1.82) is 0 Å². The molecule has 0 saturated heterocycles. The van der Waals surface area contributed by atoms with Gasteiger partial charge in [0, 0.05) is 11.0 Å². The maximum absolute atomic E-state index is 13.1. The average Bonchev–Trinajstić information content (AvgIpc) is 2.82. The van der Waals surface area contributed by atoms with Crippen LogP contribution in [0, 0.1) is 5.82 Å². The lowest BCUT2D eigenvalue weighted by atomic mass is 10.2. The molecule has 0 radical (unpaired) electrons. The van der Waals surface area contributed by atoms with E-state index >= 15 is 0 Å². The van der Waals surface area contributed by atoms with E-state index in [2.05, 4.69) is 21.2 Å². The van der Waals surface area contributed by atoms with Gasteiger partial charge >= 0.3 is 5.97 Å². The Kier molecular flexibility index (Phi) is 4.34. The number of carboxylic acids is 1. The topological polar surface area (TPSA) is 62.5 Å². The Bertz CT molecular complexity index is 597. The fraction of sp³-hybridized carbons (Fsp3) is 0.154. The first-order chi connectivity index (χ1) is 9.06. The molecule has 2 aromatic rings. The van der Waals surface area contributed by atoms with Gasteiger partial charge in [-0.25, -0.2) is 9.18 Å². The SMILES string of the molecule is O=C(O)c1ccc(CNCc2cc(F)ccc2Br)o1. The minimum Gasteiger partial charge on any atom is -0.475 e. The third kappa shape index (κ3) is 3.65. The van der Waals surface area contributed by atoms with E-state index in [0.717, 1.165) is 10.0 Å². The summed E-state index contributed by atoms with van der Waals surface area (Å²) >= 11 is 3.33. The number of nitrogens with one attached hydrogen (secondary N) is 1. The summed E-state index contributed by atoms with van der Waals surface area (Å²) < 4.78 is 19.0. The molecule has 0 bridgehead atoms. The second kappa shape index (κ2) is 5.99. The van der Waals surface area contributed by atoms with Crippen LogP contribution in [0.5, 0.6) is 0 Å². The van der Waals surface area contributed by atoms with Crippen LogP contribution in [0.15, 0.2) is 39.2 Å². The average molecular weight is 328 g/mol. The molecule has 0 fully saturated rings. The molecule has 0 aliphatic rings. The Labute approximate surface area is 117 Å². The molecule has 0 saturated carbocycles. The van der Waals surface area contributed by atoms with Crippen LogP contribution in [0.4, 0.5) is 4.39 Å². The lowest BCUT2D eigenvalue weighted by molar-refractivity contribution is 0.0660. The van der Waals surface area contributed by atoms with Gasteiger partial charge in [-0.05, 0) is 35.9 Å². The zero-order valence-corrected chi connectivity index (χ0v) is 11.4. The maximum atomic E-state index is 13.1. The van der Waals surface area contributed by atoms with Crippen molar-refractivity contribution in [2.45, 2.75) is 13.1 Å². The third-order valence-electron chi connectivity index (χ3n) is 2.49. The summed E-state index contributed by atoms with van der Waals surface area (Å²) in [6.07, 6.45) is 0. The quantitative estimate of drug-likeness (QED) is 0.885. The summed E-state index contributed by atoms with van der Waals surface area (Å²) in [5.41, 5.74) is 0.782. The van der Waals surface area contributed by atoms with Crippen molar-refractivity contribution in [3.05, 3.63) is 57.7 Å². The molecule has 19 heavy (non-hydrogen) atoms. The number of hydrogen-bond donors (Lipinski definition) is 2. The molecular weight excluding hydrogens is 317 g/mol. The van der Waals surface area contributed by atoms with Crippen molar-refractivity contribution in [1.82, 2.24) is 5.32 Å². The number of carboxylic acid groups (broad SMARTS) is 1. The Morgan fingerprint density at radius 1 is 1.32 bits per heavy atom. The summed E-state index contributed by atoms with van der Waals surface area (Å²) in [7, 11) is 0. The molecule has 1 aromatic carbocycles. The molecule has 2 N–H and O–H groups in total. The van der Waals surface area contributed by atoms with E-state index in [9.17, 15) is 9.18 Å². The number of rotatable bonds is 5. The second-order valence-electron chi connectivity index (χ2n) is 3.91. The molecule has 0 spiro atoms. The Balaban J connectivity index is 1.92. The van der Waals surface area contributed by atoms with Gasteiger partial charge in [0.1, 0.15) is 11.6 Å². The van der Waals surface area contributed by atoms with E-state index in [1.54, 1.807) is 12.1 Å². The second-order valence-corrected chi connectivity index (χ2v) is 4.76. The minimum absolute atomic E-state index is 0.0938. The van der Waals surface area contributed by atoms with Crippen LogP contribution in [0.25, 0.3) is 0 Å². The molecule has 4 nitrogen and oxygen atoms in total. The first kappa shape index (κ1) is 13.8. The summed E-state index contributed by atoms with van der Waals surface area (Å²) in [6, 6.07) is 7.44. The maximum Gasteiger partial charge on any atom is 0.371 e. The molecule has 0 amide bonds. The van der Waals surface area contributed by atoms with Crippen molar-refractivity contribution >= 4 is 21.9 Å². The van der Waals surface area contributed by atoms with E-state index in [4.69, 9.17) is 9.52 Å². The summed E-state index contributed by atoms with van der Waals surface area (Å²) in [5, 5.41) is 11.8. The van der Waals surface area contributed by atoms with E-state index in [1.807, 2.05) is 0 Å². The van der Waals surface area contributed by atoms with Crippen LogP contribution in [0.1, 0.15) is 21.9 Å². The normalized spacial score (nSPS) is 10.6. The van der Waals surface area contributed by atoms with Crippen LogP contribution >= 0.6 is 15.9 Å². The summed E-state index contributed by atoms with van der Waals surface area (Å²) in [4.78, 5) is 10.6. The van der Waals surface area contributed by atoms with Crippen molar-refractivity contribution in [2.24, 2.45) is 0 Å². The molecule has 1 heterocycles. The van der Waals surface area contributed by atoms with Crippen molar-refractivity contribution in [2.75, 3.05) is 0 Å². The molecule has 100 valence electrons. The van der Waals surface area contributed by atoms with Crippen LogP contribution in [0.3, 0.4) is 0 Å². The zero-order chi connectivity index (χ0) is 13.8. The van der Waals surface area contributed by atoms with Gasteiger partial charge in [-0.2, -0.15) is 0 Å². The van der Waals surface area contributed by atoms with Crippen LogP contribution in [-0.4, -0.2) is 11.1 Å². The highest BCUT2D eigenvalue weighted by molar-refractivity contribution is 9.10. The molecule has 2 rings (SSSR count). The van der Waals surface area contributed by atoms with Gasteiger partial charge in [0.25, 0.3) is 0 Å². The van der Waals surface area contributed by atoms with Crippen LogP contribution in [0.2, 0.25) is 0 Å². The van der Waals surface area contributed by atoms with Gasteiger partial charge in [-0.15, -0.1) is 0 Å². The number of halogens is 2. The summed E-state index contributed by atoms with van der Waals surface area (Å²) in [5.74, 6) is -0.973. The minimum atomic E-state index is -1.10. The lowest BCUT2D eigenvalue weighted by Gasteiger charge is -2.05. The highest BCUT2D eigenvalue weighted by Gasteiger charge is 2.08. The highest BCUT2D eigenvalue weighted by Crippen LogP contribution is 2.17. The monoisotopic (exact) mass is 327 g/mol. The van der Waals surface area contributed by atoms with E-state index in [-0.39, 0.29) is 11.6 Å². The molecule has 0 unspecified atom stereocenters. The highest BCUT2D eigenvalue weighted by atomic mass is 79.9. The first-order valence-corrected chi connectivity index (χ1v) is 6.32. The predicted molar refractivity (Wildman–Crippen MR) is 70.3 cm³/mol. The Hall–Kier alpha value is -1.66. The van der Waals surface area contributed by atoms with E-state index < -0.39 is 5.97 Å². The largest absolute Gasteiger partial charge is 0.475 e. The Morgan fingerprint density at radius 2 is 2.11 bits per heavy atom. The van der Waals surface area contributed by atoms with Crippen molar-refractivity contribution < 1.29 is 18.7 Å². The van der Waals surface area contributed by atoms with Gasteiger partial charge in [0.05, 0.1) is 6.54 Å². The fourth-order valence-corrected chi connectivity index (χ4v) is 1.97. The molecule has 1 aromatic heterocycles. The number of carbonyl (C=O) groups is 1. The van der Waals surface area contributed by atoms with Gasteiger partial charge in [-0.3, -0.25) is 0 Å². The first-order valence-electron chi connectivity index (χ1n) is 5.53. The molecule has 0 aliphatic heterocycles. The predicted octanol–water partition coefficient (Wildman–Crippen LogP) is 3.17. The smallest absolute Gasteiger partial charge is 0.371 e. The van der Waals surface area contributed by atoms with Crippen LogP contribution < -0.4 is 5.32 Å². The standard InChI is InChI=1S/C13H11BrFNO3/c14-11-3-1-9(15)5-8(11)6-16-7-10-2-4-12(19-10)13(17)18/h1-5,16H,6-7H2,(H,17,18).